The fourth-order valence-corrected chi connectivity index (χ4v) is 2.91. The van der Waals surface area contributed by atoms with Gasteiger partial charge in [0.1, 0.15) is 17.3 Å². The Morgan fingerprint density at radius 1 is 1.22 bits per heavy atom. The molecule has 0 aliphatic carbocycles. The molecule has 0 radical (unpaired) electrons. The molecule has 8 heteroatoms. The van der Waals surface area contributed by atoms with Gasteiger partial charge in [0.15, 0.2) is 11.5 Å². The van der Waals surface area contributed by atoms with Crippen molar-refractivity contribution in [2.24, 2.45) is 0 Å². The lowest BCUT2D eigenvalue weighted by Gasteiger charge is -2.13. The zero-order valence-corrected chi connectivity index (χ0v) is 15.7. The standard InChI is InChI=1S/C19H24N4O4/c1-12-21-15(10-18(22-12)20-11-14-5-4-8-27-14)19(24)23-13-6-7-16(25-2)17(9-13)26-3/h6-7,9-10,14H,4-5,8,11H2,1-3H3,(H,23,24)(H,20,21,22). The Labute approximate surface area is 158 Å². The van der Waals surface area contributed by atoms with E-state index < -0.39 is 0 Å². The van der Waals surface area contributed by atoms with Crippen LogP contribution in [0.4, 0.5) is 11.5 Å². The van der Waals surface area contributed by atoms with Gasteiger partial charge in [0.05, 0.1) is 20.3 Å². The quantitative estimate of drug-likeness (QED) is 0.771. The zero-order valence-electron chi connectivity index (χ0n) is 15.7. The van der Waals surface area contributed by atoms with E-state index in [2.05, 4.69) is 20.6 Å². The molecule has 1 saturated heterocycles. The third kappa shape index (κ3) is 4.85. The number of benzene rings is 1. The van der Waals surface area contributed by atoms with Crippen LogP contribution in [-0.2, 0) is 4.74 Å². The fraction of sp³-hybridized carbons (Fsp3) is 0.421. The molecule has 0 saturated carbocycles. The molecule has 1 aromatic heterocycles. The van der Waals surface area contributed by atoms with Gasteiger partial charge in [0, 0.05) is 31.0 Å². The number of carbonyl (C=O) groups is 1. The number of anilines is 2. The summed E-state index contributed by atoms with van der Waals surface area (Å²) in [6.07, 6.45) is 2.29. The highest BCUT2D eigenvalue weighted by atomic mass is 16.5. The lowest BCUT2D eigenvalue weighted by Crippen LogP contribution is -2.20. The van der Waals surface area contributed by atoms with Crippen LogP contribution in [0.2, 0.25) is 0 Å². The van der Waals surface area contributed by atoms with Crippen LogP contribution in [0.5, 0.6) is 11.5 Å². The van der Waals surface area contributed by atoms with Gasteiger partial charge >= 0.3 is 0 Å². The van der Waals surface area contributed by atoms with E-state index in [1.165, 1.54) is 0 Å². The highest BCUT2D eigenvalue weighted by Crippen LogP contribution is 2.29. The molecule has 27 heavy (non-hydrogen) atoms. The van der Waals surface area contributed by atoms with Crippen molar-refractivity contribution in [1.82, 2.24) is 9.97 Å². The largest absolute Gasteiger partial charge is 0.493 e. The summed E-state index contributed by atoms with van der Waals surface area (Å²) in [6, 6.07) is 6.80. The summed E-state index contributed by atoms with van der Waals surface area (Å²) < 4.78 is 16.1. The fourth-order valence-electron chi connectivity index (χ4n) is 2.91. The lowest BCUT2D eigenvalue weighted by molar-refractivity contribution is 0.102. The number of aromatic nitrogens is 2. The number of hydrogen-bond donors (Lipinski definition) is 2. The second-order valence-electron chi connectivity index (χ2n) is 6.23. The second-order valence-corrected chi connectivity index (χ2v) is 6.23. The average molecular weight is 372 g/mol. The number of methoxy groups -OCH3 is 2. The molecule has 1 aliphatic heterocycles. The van der Waals surface area contributed by atoms with Crippen molar-refractivity contribution in [3.05, 3.63) is 35.8 Å². The van der Waals surface area contributed by atoms with E-state index >= 15 is 0 Å². The smallest absolute Gasteiger partial charge is 0.274 e. The van der Waals surface area contributed by atoms with Crippen molar-refractivity contribution < 1.29 is 19.0 Å². The molecule has 1 unspecified atom stereocenters. The van der Waals surface area contributed by atoms with Gasteiger partial charge in [0.25, 0.3) is 5.91 Å². The Hall–Kier alpha value is -2.87. The molecule has 144 valence electrons. The van der Waals surface area contributed by atoms with Crippen LogP contribution in [0, 0.1) is 6.92 Å². The van der Waals surface area contributed by atoms with Gasteiger partial charge in [-0.3, -0.25) is 4.79 Å². The molecule has 0 spiro atoms. The summed E-state index contributed by atoms with van der Waals surface area (Å²) in [6.45, 7) is 3.21. The number of nitrogens with zero attached hydrogens (tertiary/aromatic N) is 2. The topological polar surface area (TPSA) is 94.6 Å². The van der Waals surface area contributed by atoms with Crippen LogP contribution in [0.25, 0.3) is 0 Å². The Morgan fingerprint density at radius 2 is 2.04 bits per heavy atom. The van der Waals surface area contributed by atoms with Crippen LogP contribution < -0.4 is 20.1 Å². The van der Waals surface area contributed by atoms with E-state index in [0.29, 0.717) is 35.4 Å². The van der Waals surface area contributed by atoms with Crippen LogP contribution >= 0.6 is 0 Å². The van der Waals surface area contributed by atoms with Gasteiger partial charge in [-0.2, -0.15) is 0 Å². The van der Waals surface area contributed by atoms with E-state index in [1.54, 1.807) is 45.4 Å². The molecule has 0 bridgehead atoms. The van der Waals surface area contributed by atoms with Crippen molar-refractivity contribution in [2.75, 3.05) is 38.0 Å². The van der Waals surface area contributed by atoms with Gasteiger partial charge in [-0.05, 0) is 31.9 Å². The van der Waals surface area contributed by atoms with E-state index in [1.807, 2.05) is 0 Å². The molecule has 1 aromatic carbocycles. The number of aryl methyl sites for hydroxylation is 1. The minimum atomic E-state index is -0.326. The minimum absolute atomic E-state index is 0.185. The monoisotopic (exact) mass is 372 g/mol. The van der Waals surface area contributed by atoms with Gasteiger partial charge in [-0.15, -0.1) is 0 Å². The number of amides is 1. The van der Waals surface area contributed by atoms with Gasteiger partial charge < -0.3 is 24.8 Å². The molecule has 8 nitrogen and oxygen atoms in total. The Bertz CT molecular complexity index is 806. The van der Waals surface area contributed by atoms with Crippen molar-refractivity contribution in [1.29, 1.82) is 0 Å². The average Bonchev–Trinajstić information content (AvgIpc) is 3.19. The zero-order chi connectivity index (χ0) is 19.2. The van der Waals surface area contributed by atoms with Crippen LogP contribution in [-0.4, -0.2) is 49.4 Å². The molecule has 2 aromatic rings. The molecular formula is C19H24N4O4. The molecular weight excluding hydrogens is 348 g/mol. The maximum atomic E-state index is 12.6. The maximum Gasteiger partial charge on any atom is 0.274 e. The van der Waals surface area contributed by atoms with E-state index in [4.69, 9.17) is 14.2 Å². The predicted molar refractivity (Wildman–Crippen MR) is 102 cm³/mol. The van der Waals surface area contributed by atoms with Crippen molar-refractivity contribution in [3.63, 3.8) is 0 Å². The molecule has 1 amide bonds. The molecule has 2 heterocycles. The highest BCUT2D eigenvalue weighted by molar-refractivity contribution is 6.03. The van der Waals surface area contributed by atoms with Crippen LogP contribution in [0.3, 0.4) is 0 Å². The second kappa shape index (κ2) is 8.68. The Balaban J connectivity index is 1.70. The number of ether oxygens (including phenoxy) is 3. The van der Waals surface area contributed by atoms with Crippen LogP contribution in [0.15, 0.2) is 24.3 Å². The lowest BCUT2D eigenvalue weighted by atomic mass is 10.2. The third-order valence-corrected chi connectivity index (χ3v) is 4.25. The van der Waals surface area contributed by atoms with Gasteiger partial charge in [-0.25, -0.2) is 9.97 Å². The highest BCUT2D eigenvalue weighted by Gasteiger charge is 2.16. The first-order valence-electron chi connectivity index (χ1n) is 8.83. The first-order valence-corrected chi connectivity index (χ1v) is 8.83. The maximum absolute atomic E-state index is 12.6. The molecule has 1 atom stereocenters. The van der Waals surface area contributed by atoms with E-state index in [0.717, 1.165) is 19.4 Å². The number of carbonyl (C=O) groups excluding carboxylic acids is 1. The van der Waals surface area contributed by atoms with Crippen molar-refractivity contribution >= 4 is 17.4 Å². The number of nitrogens with one attached hydrogen (secondary N) is 2. The first kappa shape index (κ1) is 18.9. The summed E-state index contributed by atoms with van der Waals surface area (Å²) in [5.74, 6) is 1.93. The summed E-state index contributed by atoms with van der Waals surface area (Å²) in [5, 5.41) is 6.05. The number of rotatable bonds is 7. The molecule has 1 aliphatic rings. The Kier molecular flexibility index (Phi) is 6.08. The minimum Gasteiger partial charge on any atom is -0.493 e. The normalized spacial score (nSPS) is 16.0. The van der Waals surface area contributed by atoms with Crippen LogP contribution in [0.1, 0.15) is 29.2 Å². The summed E-state index contributed by atoms with van der Waals surface area (Å²) in [5.41, 5.74) is 0.870. The first-order chi connectivity index (χ1) is 13.1. The number of hydrogen-bond acceptors (Lipinski definition) is 7. The molecule has 1 fully saturated rings. The summed E-state index contributed by atoms with van der Waals surface area (Å²) in [7, 11) is 3.11. The van der Waals surface area contributed by atoms with Gasteiger partial charge in [0.2, 0.25) is 0 Å². The van der Waals surface area contributed by atoms with E-state index in [9.17, 15) is 4.79 Å². The van der Waals surface area contributed by atoms with Crippen molar-refractivity contribution in [3.8, 4) is 11.5 Å². The predicted octanol–water partition coefficient (Wildman–Crippen LogP) is 2.65. The third-order valence-electron chi connectivity index (χ3n) is 4.25. The van der Waals surface area contributed by atoms with Crippen molar-refractivity contribution in [2.45, 2.75) is 25.9 Å². The Morgan fingerprint density at radius 3 is 2.74 bits per heavy atom. The SMILES string of the molecule is COc1ccc(NC(=O)c2cc(NCC3CCCO3)nc(C)n2)cc1OC. The molecule has 3 rings (SSSR count). The van der Waals surface area contributed by atoms with Gasteiger partial charge in [-0.1, -0.05) is 0 Å². The molecule has 2 N–H and O–H groups in total. The van der Waals surface area contributed by atoms with E-state index in [-0.39, 0.29) is 17.7 Å². The summed E-state index contributed by atoms with van der Waals surface area (Å²) >= 11 is 0. The summed E-state index contributed by atoms with van der Waals surface area (Å²) in [4.78, 5) is 21.2.